The van der Waals surface area contributed by atoms with E-state index >= 15 is 0 Å². The normalized spacial score (nSPS) is 16.8. The van der Waals surface area contributed by atoms with Gasteiger partial charge in [-0.15, -0.1) is 0 Å². The van der Waals surface area contributed by atoms with E-state index in [2.05, 4.69) is 0 Å². The van der Waals surface area contributed by atoms with Crippen molar-refractivity contribution in [2.75, 3.05) is 4.90 Å². The maximum atomic E-state index is 12.9. The van der Waals surface area contributed by atoms with E-state index in [4.69, 9.17) is 23.8 Å². The van der Waals surface area contributed by atoms with Crippen LogP contribution >= 0.6 is 35.6 Å². The fourth-order valence-corrected chi connectivity index (χ4v) is 3.76. The van der Waals surface area contributed by atoms with Gasteiger partial charge in [0.1, 0.15) is 0 Å². The van der Waals surface area contributed by atoms with E-state index in [0.717, 1.165) is 28.8 Å². The summed E-state index contributed by atoms with van der Waals surface area (Å²) < 4.78 is 38.8. The predicted octanol–water partition coefficient (Wildman–Crippen LogP) is 5.76. The minimum absolute atomic E-state index is 0.0896. The van der Waals surface area contributed by atoms with Gasteiger partial charge in [0.2, 0.25) is 0 Å². The van der Waals surface area contributed by atoms with Crippen LogP contribution in [0.2, 0.25) is 5.02 Å². The molecule has 2 nitrogen and oxygen atoms in total. The van der Waals surface area contributed by atoms with Gasteiger partial charge in [-0.2, -0.15) is 13.2 Å². The van der Waals surface area contributed by atoms with Crippen LogP contribution in [0.1, 0.15) is 11.1 Å². The van der Waals surface area contributed by atoms with Crippen LogP contribution in [0, 0.1) is 0 Å². The Labute approximate surface area is 156 Å². The maximum Gasteiger partial charge on any atom is 0.416 e. The van der Waals surface area contributed by atoms with Gasteiger partial charge in [0.05, 0.1) is 16.2 Å². The van der Waals surface area contributed by atoms with Crippen LogP contribution in [-0.2, 0) is 11.0 Å². The molecule has 25 heavy (non-hydrogen) atoms. The molecule has 1 saturated heterocycles. The average molecular weight is 400 g/mol. The SMILES string of the molecule is O=C1/C(=C\c2cccc(Cl)c2)SC(=S)N1c1cccc(C(F)(F)F)c1. The van der Waals surface area contributed by atoms with Crippen molar-refractivity contribution in [3.05, 3.63) is 69.6 Å². The lowest BCUT2D eigenvalue weighted by atomic mass is 10.1. The molecule has 0 aliphatic carbocycles. The van der Waals surface area contributed by atoms with Gasteiger partial charge in [-0.1, -0.05) is 53.8 Å². The van der Waals surface area contributed by atoms with Gasteiger partial charge in [0, 0.05) is 5.02 Å². The molecule has 2 aromatic rings. The van der Waals surface area contributed by atoms with Crippen molar-refractivity contribution in [2.24, 2.45) is 0 Å². The van der Waals surface area contributed by atoms with E-state index in [1.54, 1.807) is 30.3 Å². The molecule has 0 bridgehead atoms. The minimum atomic E-state index is -4.49. The molecule has 3 rings (SSSR count). The Morgan fingerprint density at radius 2 is 1.84 bits per heavy atom. The molecule has 1 amide bonds. The Kier molecular flexibility index (Phi) is 4.90. The summed E-state index contributed by atoms with van der Waals surface area (Å²) in [7, 11) is 0. The van der Waals surface area contributed by atoms with Gasteiger partial charge >= 0.3 is 6.18 Å². The number of amides is 1. The first-order valence-electron chi connectivity index (χ1n) is 6.96. The van der Waals surface area contributed by atoms with Gasteiger partial charge in [0.15, 0.2) is 4.32 Å². The number of hydrogen-bond acceptors (Lipinski definition) is 3. The number of hydrogen-bond donors (Lipinski definition) is 0. The van der Waals surface area contributed by atoms with Crippen LogP contribution in [0.4, 0.5) is 18.9 Å². The van der Waals surface area contributed by atoms with Crippen molar-refractivity contribution >= 4 is 57.6 Å². The van der Waals surface area contributed by atoms with Crippen LogP contribution in [-0.4, -0.2) is 10.2 Å². The Morgan fingerprint density at radius 1 is 1.12 bits per heavy atom. The van der Waals surface area contributed by atoms with E-state index in [-0.39, 0.29) is 10.0 Å². The van der Waals surface area contributed by atoms with Crippen molar-refractivity contribution in [3.8, 4) is 0 Å². The standard InChI is InChI=1S/C17H9ClF3NOS2/c18-12-5-1-3-10(7-12)8-14-15(23)22(16(24)25-14)13-6-2-4-11(9-13)17(19,20)21/h1-9H/b14-8+. The van der Waals surface area contributed by atoms with Crippen LogP contribution in [0.3, 0.4) is 0 Å². The van der Waals surface area contributed by atoms with Crippen molar-refractivity contribution in [1.82, 2.24) is 0 Å². The summed E-state index contributed by atoms with van der Waals surface area (Å²) in [5.74, 6) is -0.464. The van der Waals surface area contributed by atoms with E-state index in [0.29, 0.717) is 15.5 Å². The van der Waals surface area contributed by atoms with Gasteiger partial charge < -0.3 is 0 Å². The molecule has 1 aliphatic rings. The fourth-order valence-electron chi connectivity index (χ4n) is 2.26. The topological polar surface area (TPSA) is 20.3 Å². The second-order valence-corrected chi connectivity index (χ2v) is 7.23. The summed E-state index contributed by atoms with van der Waals surface area (Å²) in [6.45, 7) is 0. The third-order valence-electron chi connectivity index (χ3n) is 3.37. The maximum absolute atomic E-state index is 12.9. The zero-order valence-corrected chi connectivity index (χ0v) is 14.8. The van der Waals surface area contributed by atoms with E-state index in [9.17, 15) is 18.0 Å². The number of carbonyl (C=O) groups excluding carboxylic acids is 1. The average Bonchev–Trinajstić information content (AvgIpc) is 2.81. The van der Waals surface area contributed by atoms with Crippen molar-refractivity contribution < 1.29 is 18.0 Å². The Bertz CT molecular complexity index is 895. The highest BCUT2D eigenvalue weighted by atomic mass is 35.5. The zero-order valence-electron chi connectivity index (χ0n) is 12.4. The summed E-state index contributed by atoms with van der Waals surface area (Å²) in [6.07, 6.45) is -2.88. The number of rotatable bonds is 2. The number of thiocarbonyl (C=S) groups is 1. The summed E-state index contributed by atoms with van der Waals surface area (Å²) in [5.41, 5.74) is -0.0401. The molecule has 1 aliphatic heterocycles. The molecular weight excluding hydrogens is 391 g/mol. The second kappa shape index (κ2) is 6.82. The van der Waals surface area contributed by atoms with E-state index < -0.39 is 17.6 Å². The third kappa shape index (κ3) is 3.89. The first kappa shape index (κ1) is 18.0. The molecule has 0 atom stereocenters. The van der Waals surface area contributed by atoms with E-state index in [1.165, 1.54) is 12.1 Å². The number of carbonyl (C=O) groups is 1. The number of benzene rings is 2. The van der Waals surface area contributed by atoms with Crippen LogP contribution < -0.4 is 4.90 Å². The smallest absolute Gasteiger partial charge is 0.268 e. The highest BCUT2D eigenvalue weighted by molar-refractivity contribution is 8.27. The largest absolute Gasteiger partial charge is 0.416 e. The molecule has 0 spiro atoms. The van der Waals surface area contributed by atoms with Gasteiger partial charge in [-0.3, -0.25) is 9.69 Å². The van der Waals surface area contributed by atoms with E-state index in [1.807, 2.05) is 0 Å². The quantitative estimate of drug-likeness (QED) is 0.472. The minimum Gasteiger partial charge on any atom is -0.268 e. The number of anilines is 1. The summed E-state index contributed by atoms with van der Waals surface area (Å²) in [4.78, 5) is 14.0. The molecular formula is C17H9ClF3NOS2. The van der Waals surface area contributed by atoms with Gasteiger partial charge in [-0.05, 0) is 42.0 Å². The third-order valence-corrected chi connectivity index (χ3v) is 4.91. The van der Waals surface area contributed by atoms with Crippen molar-refractivity contribution in [1.29, 1.82) is 0 Å². The first-order valence-corrected chi connectivity index (χ1v) is 8.57. The lowest BCUT2D eigenvalue weighted by Crippen LogP contribution is -2.27. The first-order chi connectivity index (χ1) is 11.8. The highest BCUT2D eigenvalue weighted by Gasteiger charge is 2.36. The predicted molar refractivity (Wildman–Crippen MR) is 98.5 cm³/mol. The molecule has 0 unspecified atom stereocenters. The fraction of sp³-hybridized carbons (Fsp3) is 0.0588. The Morgan fingerprint density at radius 3 is 2.52 bits per heavy atom. The van der Waals surface area contributed by atoms with Gasteiger partial charge in [0.25, 0.3) is 5.91 Å². The molecule has 0 radical (unpaired) electrons. The molecule has 1 fully saturated rings. The Balaban J connectivity index is 1.95. The van der Waals surface area contributed by atoms with Crippen LogP contribution in [0.25, 0.3) is 6.08 Å². The summed E-state index contributed by atoms with van der Waals surface area (Å²) >= 11 is 12.1. The highest BCUT2D eigenvalue weighted by Crippen LogP contribution is 2.38. The molecule has 2 aromatic carbocycles. The molecule has 128 valence electrons. The van der Waals surface area contributed by atoms with Crippen molar-refractivity contribution in [3.63, 3.8) is 0 Å². The summed E-state index contributed by atoms with van der Waals surface area (Å²) in [5, 5.41) is 0.516. The molecule has 8 heteroatoms. The van der Waals surface area contributed by atoms with Crippen molar-refractivity contribution in [2.45, 2.75) is 6.18 Å². The van der Waals surface area contributed by atoms with Crippen LogP contribution in [0.15, 0.2) is 53.4 Å². The number of thioether (sulfide) groups is 1. The monoisotopic (exact) mass is 399 g/mol. The van der Waals surface area contributed by atoms with Crippen LogP contribution in [0.5, 0.6) is 0 Å². The second-order valence-electron chi connectivity index (χ2n) is 5.12. The van der Waals surface area contributed by atoms with Gasteiger partial charge in [-0.25, -0.2) is 0 Å². The Hall–Kier alpha value is -1.83. The molecule has 0 aromatic heterocycles. The number of halogens is 4. The molecule has 0 saturated carbocycles. The number of alkyl halides is 3. The summed E-state index contributed by atoms with van der Waals surface area (Å²) in [6, 6.07) is 11.4. The number of nitrogens with zero attached hydrogens (tertiary/aromatic N) is 1. The molecule has 0 N–H and O–H groups in total. The zero-order chi connectivity index (χ0) is 18.2. The molecule has 1 heterocycles. The lowest BCUT2D eigenvalue weighted by Gasteiger charge is -2.16. The lowest BCUT2D eigenvalue weighted by molar-refractivity contribution is -0.137.